The molecule has 146 valence electrons. The zero-order valence-corrected chi connectivity index (χ0v) is 18.4. The van der Waals surface area contributed by atoms with Crippen LogP contribution < -0.4 is 16.0 Å². The largest absolute Gasteiger partial charge is 0.357 e. The molecule has 1 fully saturated rings. The first kappa shape index (κ1) is 23.9. The number of rotatable bonds is 7. The highest BCUT2D eigenvalue weighted by Crippen LogP contribution is 2.12. The Kier molecular flexibility index (Phi) is 11.8. The summed E-state index contributed by atoms with van der Waals surface area (Å²) in [6.07, 6.45) is 1.29. The molecule has 8 heteroatoms. The molecule has 7 nitrogen and oxygen atoms in total. The third kappa shape index (κ3) is 9.27. The molecule has 0 bridgehead atoms. The molecule has 1 unspecified atom stereocenters. The van der Waals surface area contributed by atoms with Crippen LogP contribution in [0.1, 0.15) is 47.5 Å². The van der Waals surface area contributed by atoms with E-state index in [1.54, 1.807) is 0 Å². The first-order valence-corrected chi connectivity index (χ1v) is 8.96. The zero-order chi connectivity index (χ0) is 18.1. The molecule has 0 aromatic rings. The van der Waals surface area contributed by atoms with Gasteiger partial charge in [-0.25, -0.2) is 0 Å². The van der Waals surface area contributed by atoms with E-state index in [2.05, 4.69) is 20.9 Å². The normalized spacial score (nSPS) is 17.5. The Morgan fingerprint density at radius 1 is 1.24 bits per heavy atom. The Morgan fingerprint density at radius 2 is 1.92 bits per heavy atom. The lowest BCUT2D eigenvalue weighted by atomic mass is 10.2. The number of nitrogens with one attached hydrogen (secondary N) is 3. The van der Waals surface area contributed by atoms with Crippen LogP contribution in [0.4, 0.5) is 0 Å². The summed E-state index contributed by atoms with van der Waals surface area (Å²) in [5.74, 6) is 0.953. The Bertz CT molecular complexity index is 454. The predicted octanol–water partition coefficient (Wildman–Crippen LogP) is 1.33. The fourth-order valence-corrected chi connectivity index (χ4v) is 2.62. The summed E-state index contributed by atoms with van der Waals surface area (Å²) in [6, 6.07) is 0.353. The van der Waals surface area contributed by atoms with Crippen molar-refractivity contribution in [1.82, 2.24) is 20.9 Å². The highest BCUT2D eigenvalue weighted by atomic mass is 127. The van der Waals surface area contributed by atoms with Crippen molar-refractivity contribution in [2.45, 2.75) is 59.5 Å². The standard InChI is InChI=1S/C17H33N5O2.HI/c1-6-18-17(19-9-7-15(23)20-13(4)5)21-14-8-10-22(11-14)16(24)12(2)3;/h12-14H,6-11H2,1-5H3,(H,20,23)(H2,18,19,21);1H. The van der Waals surface area contributed by atoms with Crippen molar-refractivity contribution in [1.29, 1.82) is 0 Å². The van der Waals surface area contributed by atoms with Crippen LogP contribution in [-0.4, -0.2) is 60.9 Å². The summed E-state index contributed by atoms with van der Waals surface area (Å²) in [4.78, 5) is 30.1. The summed E-state index contributed by atoms with van der Waals surface area (Å²) in [7, 11) is 0. The average molecular weight is 467 g/mol. The van der Waals surface area contributed by atoms with E-state index in [1.807, 2.05) is 39.5 Å². The molecule has 0 aliphatic carbocycles. The number of carbonyl (C=O) groups excluding carboxylic acids is 2. The van der Waals surface area contributed by atoms with E-state index in [-0.39, 0.29) is 53.8 Å². The number of guanidine groups is 1. The van der Waals surface area contributed by atoms with Gasteiger partial charge in [-0.1, -0.05) is 13.8 Å². The minimum absolute atomic E-state index is 0. The van der Waals surface area contributed by atoms with Crippen molar-refractivity contribution in [3.8, 4) is 0 Å². The zero-order valence-electron chi connectivity index (χ0n) is 16.1. The van der Waals surface area contributed by atoms with Gasteiger partial charge in [-0.05, 0) is 27.2 Å². The van der Waals surface area contributed by atoms with Gasteiger partial charge < -0.3 is 20.9 Å². The molecule has 0 aromatic carbocycles. The topological polar surface area (TPSA) is 85.8 Å². The minimum Gasteiger partial charge on any atom is -0.357 e. The summed E-state index contributed by atoms with van der Waals surface area (Å²) in [5.41, 5.74) is 0. The van der Waals surface area contributed by atoms with Crippen LogP contribution in [0.3, 0.4) is 0 Å². The van der Waals surface area contributed by atoms with E-state index >= 15 is 0 Å². The van der Waals surface area contributed by atoms with E-state index in [0.29, 0.717) is 25.5 Å². The second kappa shape index (κ2) is 12.3. The lowest BCUT2D eigenvalue weighted by molar-refractivity contribution is -0.133. The van der Waals surface area contributed by atoms with Gasteiger partial charge in [-0.3, -0.25) is 14.6 Å². The molecule has 1 rings (SSSR count). The van der Waals surface area contributed by atoms with E-state index < -0.39 is 0 Å². The van der Waals surface area contributed by atoms with Gasteiger partial charge in [0.1, 0.15) is 0 Å². The first-order chi connectivity index (χ1) is 11.3. The summed E-state index contributed by atoms with van der Waals surface area (Å²) in [6.45, 7) is 12.4. The maximum atomic E-state index is 12.0. The second-order valence-electron chi connectivity index (χ2n) is 6.80. The third-order valence-electron chi connectivity index (χ3n) is 3.74. The summed E-state index contributed by atoms with van der Waals surface area (Å²) >= 11 is 0. The molecule has 1 heterocycles. The molecule has 0 saturated carbocycles. The van der Waals surface area contributed by atoms with Gasteiger partial charge in [0.25, 0.3) is 0 Å². The number of halogens is 1. The number of amides is 2. The molecule has 25 heavy (non-hydrogen) atoms. The van der Waals surface area contributed by atoms with Crippen molar-refractivity contribution >= 4 is 41.8 Å². The third-order valence-corrected chi connectivity index (χ3v) is 3.74. The van der Waals surface area contributed by atoms with E-state index in [1.165, 1.54) is 0 Å². The van der Waals surface area contributed by atoms with Crippen LogP contribution in [0.5, 0.6) is 0 Å². The molecular weight excluding hydrogens is 433 g/mol. The average Bonchev–Trinajstić information content (AvgIpc) is 2.94. The minimum atomic E-state index is 0. The number of likely N-dealkylation sites (tertiary alicyclic amines) is 1. The fourth-order valence-electron chi connectivity index (χ4n) is 2.62. The molecule has 1 saturated heterocycles. The van der Waals surface area contributed by atoms with Crippen molar-refractivity contribution in [3.63, 3.8) is 0 Å². The fraction of sp³-hybridized carbons (Fsp3) is 0.824. The van der Waals surface area contributed by atoms with Gasteiger partial charge in [0, 0.05) is 44.1 Å². The number of hydrogen-bond donors (Lipinski definition) is 3. The summed E-state index contributed by atoms with van der Waals surface area (Å²) < 4.78 is 0. The molecule has 1 atom stereocenters. The van der Waals surface area contributed by atoms with Gasteiger partial charge in [0.15, 0.2) is 5.96 Å². The van der Waals surface area contributed by atoms with Gasteiger partial charge in [0.05, 0.1) is 6.54 Å². The van der Waals surface area contributed by atoms with Crippen molar-refractivity contribution < 1.29 is 9.59 Å². The molecular formula is C17H34IN5O2. The highest BCUT2D eigenvalue weighted by Gasteiger charge is 2.27. The Morgan fingerprint density at radius 3 is 2.48 bits per heavy atom. The molecule has 3 N–H and O–H groups in total. The van der Waals surface area contributed by atoms with E-state index in [4.69, 9.17) is 0 Å². The van der Waals surface area contributed by atoms with Crippen molar-refractivity contribution in [2.75, 3.05) is 26.2 Å². The summed E-state index contributed by atoms with van der Waals surface area (Å²) in [5, 5.41) is 9.42. The van der Waals surface area contributed by atoms with E-state index in [9.17, 15) is 9.59 Å². The lowest BCUT2D eigenvalue weighted by Gasteiger charge is -2.20. The number of nitrogens with zero attached hydrogens (tertiary/aromatic N) is 2. The maximum Gasteiger partial charge on any atom is 0.225 e. The number of hydrogen-bond acceptors (Lipinski definition) is 3. The van der Waals surface area contributed by atoms with Crippen LogP contribution in [0.15, 0.2) is 4.99 Å². The molecule has 1 aliphatic heterocycles. The van der Waals surface area contributed by atoms with Gasteiger partial charge in [-0.2, -0.15) is 0 Å². The number of aliphatic imine (C=N–C) groups is 1. The predicted molar refractivity (Wildman–Crippen MR) is 112 cm³/mol. The van der Waals surface area contributed by atoms with Crippen molar-refractivity contribution in [3.05, 3.63) is 0 Å². The highest BCUT2D eigenvalue weighted by molar-refractivity contribution is 14.0. The van der Waals surface area contributed by atoms with Crippen LogP contribution in [0, 0.1) is 5.92 Å². The Hall–Kier alpha value is -1.06. The van der Waals surface area contributed by atoms with Crippen LogP contribution >= 0.6 is 24.0 Å². The van der Waals surface area contributed by atoms with E-state index in [0.717, 1.165) is 19.5 Å². The molecule has 0 aromatic heterocycles. The van der Waals surface area contributed by atoms with Crippen LogP contribution in [-0.2, 0) is 9.59 Å². The van der Waals surface area contributed by atoms with Gasteiger partial charge in [0.2, 0.25) is 11.8 Å². The quantitative estimate of drug-likeness (QED) is 0.300. The molecule has 1 aliphatic rings. The first-order valence-electron chi connectivity index (χ1n) is 8.96. The smallest absolute Gasteiger partial charge is 0.225 e. The second-order valence-corrected chi connectivity index (χ2v) is 6.80. The van der Waals surface area contributed by atoms with Crippen LogP contribution in [0.25, 0.3) is 0 Å². The van der Waals surface area contributed by atoms with Crippen molar-refractivity contribution in [2.24, 2.45) is 10.9 Å². The molecule has 0 spiro atoms. The monoisotopic (exact) mass is 467 g/mol. The maximum absolute atomic E-state index is 12.0. The Labute approximate surface area is 168 Å². The molecule has 0 radical (unpaired) electrons. The lowest BCUT2D eigenvalue weighted by Crippen LogP contribution is -2.45. The molecule has 2 amide bonds. The number of carbonyl (C=O) groups is 2. The van der Waals surface area contributed by atoms with Crippen LogP contribution in [0.2, 0.25) is 0 Å². The Balaban J connectivity index is 0.00000576. The van der Waals surface area contributed by atoms with Gasteiger partial charge >= 0.3 is 0 Å². The van der Waals surface area contributed by atoms with Gasteiger partial charge in [-0.15, -0.1) is 24.0 Å². The SMILES string of the molecule is CCNC(=NCCC(=O)NC(C)C)NC1CCN(C(=O)C(C)C)C1.I.